The number of piperidine rings is 1. The third-order valence-electron chi connectivity index (χ3n) is 4.37. The molecule has 1 aliphatic rings. The standard InChI is InChI=1S/C20H32N4O2/c1-5-12-24-13-10-15(11-14-24)21-19(26)22-17-9-7-6-8-16(17)18(25)23-20(2,3)4/h6-9,15H,5,10-14H2,1-4H3,(H,23,25)(H2,21,22,26). The summed E-state index contributed by atoms with van der Waals surface area (Å²) < 4.78 is 0. The zero-order valence-electron chi connectivity index (χ0n) is 16.4. The van der Waals surface area contributed by atoms with Crippen LogP contribution in [-0.2, 0) is 0 Å². The monoisotopic (exact) mass is 360 g/mol. The molecule has 26 heavy (non-hydrogen) atoms. The van der Waals surface area contributed by atoms with Crippen LogP contribution < -0.4 is 16.0 Å². The van der Waals surface area contributed by atoms with E-state index >= 15 is 0 Å². The number of para-hydroxylation sites is 1. The van der Waals surface area contributed by atoms with Gasteiger partial charge in [-0.15, -0.1) is 0 Å². The normalized spacial score (nSPS) is 16.2. The second kappa shape index (κ2) is 9.03. The maximum atomic E-state index is 12.5. The van der Waals surface area contributed by atoms with Gasteiger partial charge in [0.05, 0.1) is 11.3 Å². The summed E-state index contributed by atoms with van der Waals surface area (Å²) in [6, 6.07) is 7.01. The Morgan fingerprint density at radius 2 is 1.81 bits per heavy atom. The van der Waals surface area contributed by atoms with Crippen LogP contribution >= 0.6 is 0 Å². The zero-order valence-corrected chi connectivity index (χ0v) is 16.4. The molecule has 0 saturated carbocycles. The molecule has 1 aromatic carbocycles. The van der Waals surface area contributed by atoms with E-state index in [2.05, 4.69) is 27.8 Å². The van der Waals surface area contributed by atoms with E-state index in [1.165, 1.54) is 0 Å². The highest BCUT2D eigenvalue weighted by atomic mass is 16.2. The van der Waals surface area contributed by atoms with Crippen LogP contribution in [0.4, 0.5) is 10.5 Å². The van der Waals surface area contributed by atoms with E-state index in [1.54, 1.807) is 18.2 Å². The summed E-state index contributed by atoms with van der Waals surface area (Å²) in [5, 5.41) is 8.80. The Bertz CT molecular complexity index is 616. The van der Waals surface area contributed by atoms with Crippen molar-refractivity contribution in [2.45, 2.75) is 58.5 Å². The number of amides is 3. The minimum Gasteiger partial charge on any atom is -0.347 e. The van der Waals surface area contributed by atoms with Gasteiger partial charge in [-0.1, -0.05) is 19.1 Å². The predicted molar refractivity (Wildman–Crippen MR) is 106 cm³/mol. The number of carbonyl (C=O) groups excluding carboxylic acids is 2. The van der Waals surface area contributed by atoms with Gasteiger partial charge in [0.25, 0.3) is 5.91 Å². The van der Waals surface area contributed by atoms with Crippen molar-refractivity contribution in [1.29, 1.82) is 0 Å². The fraction of sp³-hybridized carbons (Fsp3) is 0.600. The fourth-order valence-electron chi connectivity index (χ4n) is 3.16. The first-order chi connectivity index (χ1) is 12.3. The molecule has 1 aromatic rings. The largest absolute Gasteiger partial charge is 0.347 e. The molecule has 0 radical (unpaired) electrons. The number of nitrogens with one attached hydrogen (secondary N) is 3. The molecule has 0 bridgehead atoms. The Morgan fingerprint density at radius 3 is 2.42 bits per heavy atom. The number of urea groups is 1. The van der Waals surface area contributed by atoms with E-state index in [0.29, 0.717) is 11.3 Å². The lowest BCUT2D eigenvalue weighted by Gasteiger charge is -2.32. The molecule has 1 saturated heterocycles. The Hall–Kier alpha value is -2.08. The Morgan fingerprint density at radius 1 is 1.15 bits per heavy atom. The van der Waals surface area contributed by atoms with Crippen LogP contribution in [0.5, 0.6) is 0 Å². The van der Waals surface area contributed by atoms with Crippen LogP contribution in [0.25, 0.3) is 0 Å². The van der Waals surface area contributed by atoms with Gasteiger partial charge >= 0.3 is 6.03 Å². The van der Waals surface area contributed by atoms with Crippen molar-refractivity contribution in [1.82, 2.24) is 15.5 Å². The lowest BCUT2D eigenvalue weighted by atomic mass is 10.1. The van der Waals surface area contributed by atoms with Gasteiger partial charge in [0.2, 0.25) is 0 Å². The molecular weight excluding hydrogens is 328 g/mol. The highest BCUT2D eigenvalue weighted by molar-refractivity contribution is 6.03. The highest BCUT2D eigenvalue weighted by Gasteiger charge is 2.22. The average Bonchev–Trinajstić information content (AvgIpc) is 2.56. The Balaban J connectivity index is 1.92. The number of hydrogen-bond acceptors (Lipinski definition) is 3. The fourth-order valence-corrected chi connectivity index (χ4v) is 3.16. The molecular formula is C20H32N4O2. The quantitative estimate of drug-likeness (QED) is 0.755. The summed E-state index contributed by atoms with van der Waals surface area (Å²) in [4.78, 5) is 27.3. The Kier molecular flexibility index (Phi) is 7.03. The van der Waals surface area contributed by atoms with E-state index < -0.39 is 0 Å². The van der Waals surface area contributed by atoms with Gasteiger partial charge in [0, 0.05) is 24.7 Å². The predicted octanol–water partition coefficient (Wildman–Crippen LogP) is 3.21. The summed E-state index contributed by atoms with van der Waals surface area (Å²) in [6.45, 7) is 11.1. The van der Waals surface area contributed by atoms with E-state index in [1.807, 2.05) is 26.8 Å². The van der Waals surface area contributed by atoms with E-state index in [0.717, 1.165) is 38.9 Å². The molecule has 3 N–H and O–H groups in total. The summed E-state index contributed by atoms with van der Waals surface area (Å²) in [5.74, 6) is -0.193. The number of nitrogens with zero attached hydrogens (tertiary/aromatic N) is 1. The number of likely N-dealkylation sites (tertiary alicyclic amines) is 1. The van der Waals surface area contributed by atoms with Crippen molar-refractivity contribution in [2.24, 2.45) is 0 Å². The van der Waals surface area contributed by atoms with Crippen LogP contribution in [-0.4, -0.2) is 48.1 Å². The lowest BCUT2D eigenvalue weighted by Crippen LogP contribution is -2.46. The lowest BCUT2D eigenvalue weighted by molar-refractivity contribution is 0.0920. The first-order valence-electron chi connectivity index (χ1n) is 9.50. The van der Waals surface area contributed by atoms with E-state index in [-0.39, 0.29) is 23.5 Å². The molecule has 0 unspecified atom stereocenters. The molecule has 1 fully saturated rings. The van der Waals surface area contributed by atoms with Gasteiger partial charge < -0.3 is 20.9 Å². The van der Waals surface area contributed by atoms with Crippen LogP contribution in [0.1, 0.15) is 57.3 Å². The Labute approximate surface area is 156 Å². The molecule has 6 heteroatoms. The first kappa shape index (κ1) is 20.2. The molecule has 6 nitrogen and oxygen atoms in total. The van der Waals surface area contributed by atoms with Crippen molar-refractivity contribution in [3.8, 4) is 0 Å². The topological polar surface area (TPSA) is 73.5 Å². The molecule has 0 aromatic heterocycles. The minimum atomic E-state index is -0.334. The number of rotatable bonds is 5. The van der Waals surface area contributed by atoms with Crippen molar-refractivity contribution < 1.29 is 9.59 Å². The van der Waals surface area contributed by atoms with Crippen molar-refractivity contribution >= 4 is 17.6 Å². The van der Waals surface area contributed by atoms with Crippen LogP contribution in [0.3, 0.4) is 0 Å². The number of benzene rings is 1. The van der Waals surface area contributed by atoms with Gasteiger partial charge in [-0.3, -0.25) is 4.79 Å². The maximum Gasteiger partial charge on any atom is 0.319 e. The molecule has 1 aliphatic heterocycles. The van der Waals surface area contributed by atoms with E-state index in [9.17, 15) is 9.59 Å². The molecule has 1 heterocycles. The summed E-state index contributed by atoms with van der Waals surface area (Å²) >= 11 is 0. The third kappa shape index (κ3) is 6.33. The molecule has 0 aliphatic carbocycles. The maximum absolute atomic E-state index is 12.5. The number of carbonyl (C=O) groups is 2. The van der Waals surface area contributed by atoms with Gasteiger partial charge in [0.15, 0.2) is 0 Å². The van der Waals surface area contributed by atoms with Crippen LogP contribution in [0, 0.1) is 0 Å². The number of hydrogen-bond donors (Lipinski definition) is 3. The zero-order chi connectivity index (χ0) is 19.2. The van der Waals surface area contributed by atoms with Crippen LogP contribution in [0.15, 0.2) is 24.3 Å². The average molecular weight is 361 g/mol. The van der Waals surface area contributed by atoms with Gasteiger partial charge in [-0.05, 0) is 58.7 Å². The smallest absolute Gasteiger partial charge is 0.319 e. The first-order valence-corrected chi connectivity index (χ1v) is 9.50. The highest BCUT2D eigenvalue weighted by Crippen LogP contribution is 2.17. The SMILES string of the molecule is CCCN1CCC(NC(=O)Nc2ccccc2C(=O)NC(C)(C)C)CC1. The van der Waals surface area contributed by atoms with Crippen molar-refractivity contribution in [2.75, 3.05) is 25.0 Å². The molecule has 2 rings (SSSR count). The van der Waals surface area contributed by atoms with Gasteiger partial charge in [0.1, 0.15) is 0 Å². The second-order valence-electron chi connectivity index (χ2n) is 7.96. The second-order valence-corrected chi connectivity index (χ2v) is 7.96. The minimum absolute atomic E-state index is 0.179. The van der Waals surface area contributed by atoms with Gasteiger partial charge in [-0.25, -0.2) is 4.79 Å². The third-order valence-corrected chi connectivity index (χ3v) is 4.37. The summed E-state index contributed by atoms with van der Waals surface area (Å²) in [6.07, 6.45) is 3.07. The number of anilines is 1. The molecule has 3 amide bonds. The molecule has 0 atom stereocenters. The van der Waals surface area contributed by atoms with Crippen LogP contribution in [0.2, 0.25) is 0 Å². The van der Waals surface area contributed by atoms with Crippen molar-refractivity contribution in [3.63, 3.8) is 0 Å². The van der Waals surface area contributed by atoms with E-state index in [4.69, 9.17) is 0 Å². The van der Waals surface area contributed by atoms with Crippen molar-refractivity contribution in [3.05, 3.63) is 29.8 Å². The summed E-state index contributed by atoms with van der Waals surface area (Å²) in [5.41, 5.74) is 0.657. The molecule has 144 valence electrons. The molecule has 0 spiro atoms. The summed E-state index contributed by atoms with van der Waals surface area (Å²) in [7, 11) is 0. The van der Waals surface area contributed by atoms with Gasteiger partial charge in [-0.2, -0.15) is 0 Å².